The smallest absolute Gasteiger partial charge is 0.221 e. The van der Waals surface area contributed by atoms with Crippen molar-refractivity contribution < 1.29 is 9.53 Å². The Morgan fingerprint density at radius 2 is 2.06 bits per heavy atom. The van der Waals surface area contributed by atoms with Crippen LogP contribution < -0.4 is 10.1 Å². The largest absolute Gasteiger partial charge is 0.492 e. The molecule has 3 aromatic rings. The first kappa shape index (κ1) is 20.0. The third kappa shape index (κ3) is 4.26. The number of rotatable bonds is 5. The van der Waals surface area contributed by atoms with Crippen LogP contribution in [0, 0.1) is 4.77 Å². The standard InChI is InChI=1S/C23H25N5O2S/c1-16(29)24-19-6-4-7-20(13-19)28-22(17-9-10-17)25-27(23(28)31)15-26-11-12-30-21-8-3-2-5-18(21)14-26/h2-8,13,17H,9-12,14-15H2,1H3,(H,24,29). The zero-order chi connectivity index (χ0) is 21.4. The SMILES string of the molecule is CC(=O)Nc1cccc(-n2c(C3CC3)nn(CN3CCOc4ccccc4C3)c2=S)c1. The number of hydrogen-bond donors (Lipinski definition) is 1. The van der Waals surface area contributed by atoms with Gasteiger partial charge in [0.25, 0.3) is 0 Å². The number of fused-ring (bicyclic) bond motifs is 1. The molecule has 1 N–H and O–H groups in total. The van der Waals surface area contributed by atoms with Crippen molar-refractivity contribution in [1.82, 2.24) is 19.2 Å². The number of nitrogens with zero attached hydrogens (tertiary/aromatic N) is 4. The van der Waals surface area contributed by atoms with Gasteiger partial charge in [-0.2, -0.15) is 5.10 Å². The van der Waals surface area contributed by atoms with Gasteiger partial charge in [-0.05, 0) is 49.3 Å². The maximum absolute atomic E-state index is 11.5. The molecule has 1 saturated carbocycles. The van der Waals surface area contributed by atoms with E-state index in [1.54, 1.807) is 0 Å². The summed E-state index contributed by atoms with van der Waals surface area (Å²) in [7, 11) is 0. The van der Waals surface area contributed by atoms with Crippen molar-refractivity contribution in [3.05, 3.63) is 64.7 Å². The molecule has 1 fully saturated rings. The molecule has 0 radical (unpaired) electrons. The molecule has 0 atom stereocenters. The molecule has 8 heteroatoms. The van der Waals surface area contributed by atoms with Crippen molar-refractivity contribution in [3.63, 3.8) is 0 Å². The lowest BCUT2D eigenvalue weighted by Crippen LogP contribution is -2.29. The maximum atomic E-state index is 11.5. The van der Waals surface area contributed by atoms with Gasteiger partial charge in [0.15, 0.2) is 0 Å². The molecular weight excluding hydrogens is 410 g/mol. The van der Waals surface area contributed by atoms with Crippen LogP contribution in [0.2, 0.25) is 0 Å². The summed E-state index contributed by atoms with van der Waals surface area (Å²) in [6.07, 6.45) is 2.25. The molecule has 5 rings (SSSR count). The Kier molecular flexibility index (Phi) is 5.33. The van der Waals surface area contributed by atoms with Crippen LogP contribution in [0.5, 0.6) is 5.75 Å². The van der Waals surface area contributed by atoms with Gasteiger partial charge in [0.1, 0.15) is 18.2 Å². The van der Waals surface area contributed by atoms with Crippen molar-refractivity contribution in [2.45, 2.75) is 38.9 Å². The van der Waals surface area contributed by atoms with Gasteiger partial charge in [-0.3, -0.25) is 14.3 Å². The average molecular weight is 436 g/mol. The Bertz CT molecular complexity index is 1180. The van der Waals surface area contributed by atoms with E-state index in [0.717, 1.165) is 48.9 Å². The highest BCUT2D eigenvalue weighted by atomic mass is 32.1. The number of carbonyl (C=O) groups excluding carboxylic acids is 1. The summed E-state index contributed by atoms with van der Waals surface area (Å²) in [5, 5.41) is 7.78. The van der Waals surface area contributed by atoms with E-state index in [1.165, 1.54) is 12.5 Å². The molecule has 2 aliphatic rings. The number of anilines is 1. The summed E-state index contributed by atoms with van der Waals surface area (Å²) in [6.45, 7) is 4.35. The fraction of sp³-hybridized carbons (Fsp3) is 0.348. The normalized spacial score (nSPS) is 16.3. The molecule has 7 nitrogen and oxygen atoms in total. The van der Waals surface area contributed by atoms with Crippen molar-refractivity contribution in [1.29, 1.82) is 0 Å². The van der Waals surface area contributed by atoms with Gasteiger partial charge in [0, 0.05) is 37.2 Å². The van der Waals surface area contributed by atoms with Gasteiger partial charge in [-0.25, -0.2) is 4.68 Å². The van der Waals surface area contributed by atoms with E-state index in [-0.39, 0.29) is 5.91 Å². The molecular formula is C23H25N5O2S. The van der Waals surface area contributed by atoms with E-state index in [4.69, 9.17) is 22.1 Å². The van der Waals surface area contributed by atoms with Crippen molar-refractivity contribution in [2.75, 3.05) is 18.5 Å². The zero-order valence-corrected chi connectivity index (χ0v) is 18.3. The molecule has 1 aliphatic heterocycles. The second kappa shape index (κ2) is 8.28. The molecule has 160 valence electrons. The Morgan fingerprint density at radius 1 is 1.23 bits per heavy atom. The van der Waals surface area contributed by atoms with Crippen LogP contribution in [0.1, 0.15) is 37.1 Å². The molecule has 0 saturated heterocycles. The number of aromatic nitrogens is 3. The lowest BCUT2D eigenvalue weighted by molar-refractivity contribution is -0.114. The van der Waals surface area contributed by atoms with Gasteiger partial charge in [0.05, 0.1) is 12.4 Å². The lowest BCUT2D eigenvalue weighted by Gasteiger charge is -2.18. The second-order valence-electron chi connectivity index (χ2n) is 8.13. The van der Waals surface area contributed by atoms with Crippen molar-refractivity contribution >= 4 is 23.8 Å². The molecule has 0 unspecified atom stereocenters. The van der Waals surface area contributed by atoms with Crippen LogP contribution in [0.3, 0.4) is 0 Å². The van der Waals surface area contributed by atoms with Gasteiger partial charge in [0.2, 0.25) is 10.7 Å². The summed E-state index contributed by atoms with van der Waals surface area (Å²) in [5.41, 5.74) is 2.85. The molecule has 31 heavy (non-hydrogen) atoms. The summed E-state index contributed by atoms with van der Waals surface area (Å²) < 4.78 is 10.5. The molecule has 2 heterocycles. The molecule has 1 aliphatic carbocycles. The monoisotopic (exact) mass is 435 g/mol. The molecule has 0 spiro atoms. The van der Waals surface area contributed by atoms with Gasteiger partial charge < -0.3 is 10.1 Å². The summed E-state index contributed by atoms with van der Waals surface area (Å²) in [4.78, 5) is 13.8. The summed E-state index contributed by atoms with van der Waals surface area (Å²) in [5.74, 6) is 2.28. The minimum atomic E-state index is -0.0949. The van der Waals surface area contributed by atoms with Gasteiger partial charge >= 0.3 is 0 Å². The Labute approximate surface area is 186 Å². The molecule has 1 aromatic heterocycles. The van der Waals surface area contributed by atoms with E-state index in [9.17, 15) is 4.79 Å². The third-order valence-corrected chi connectivity index (χ3v) is 5.99. The van der Waals surface area contributed by atoms with Crippen LogP contribution in [-0.2, 0) is 18.0 Å². The minimum absolute atomic E-state index is 0.0949. The highest BCUT2D eigenvalue weighted by Crippen LogP contribution is 2.40. The predicted molar refractivity (Wildman–Crippen MR) is 121 cm³/mol. The minimum Gasteiger partial charge on any atom is -0.492 e. The fourth-order valence-corrected chi connectivity index (χ4v) is 4.28. The highest BCUT2D eigenvalue weighted by molar-refractivity contribution is 7.71. The van der Waals surface area contributed by atoms with Crippen LogP contribution in [0.25, 0.3) is 5.69 Å². The van der Waals surface area contributed by atoms with E-state index < -0.39 is 0 Å². The Hall–Kier alpha value is -2.97. The number of carbonyl (C=O) groups is 1. The maximum Gasteiger partial charge on any atom is 0.221 e. The number of benzene rings is 2. The zero-order valence-electron chi connectivity index (χ0n) is 17.5. The molecule has 1 amide bonds. The summed E-state index contributed by atoms with van der Waals surface area (Å²) in [6, 6.07) is 15.9. The average Bonchev–Trinajstić information content (AvgIpc) is 3.55. The molecule has 0 bridgehead atoms. The van der Waals surface area contributed by atoms with Gasteiger partial charge in [-0.1, -0.05) is 24.3 Å². The first-order chi connectivity index (χ1) is 15.1. The fourth-order valence-electron chi connectivity index (χ4n) is 3.98. The van der Waals surface area contributed by atoms with Crippen LogP contribution in [0.15, 0.2) is 48.5 Å². The van der Waals surface area contributed by atoms with E-state index in [2.05, 4.69) is 20.9 Å². The third-order valence-electron chi connectivity index (χ3n) is 5.60. The van der Waals surface area contributed by atoms with Crippen LogP contribution in [0.4, 0.5) is 5.69 Å². The van der Waals surface area contributed by atoms with Crippen molar-refractivity contribution in [2.24, 2.45) is 0 Å². The number of para-hydroxylation sites is 1. The number of nitrogens with one attached hydrogen (secondary N) is 1. The van der Waals surface area contributed by atoms with E-state index in [1.807, 2.05) is 47.1 Å². The number of amides is 1. The van der Waals surface area contributed by atoms with E-state index >= 15 is 0 Å². The number of hydrogen-bond acceptors (Lipinski definition) is 5. The van der Waals surface area contributed by atoms with Crippen LogP contribution >= 0.6 is 12.2 Å². The first-order valence-corrected chi connectivity index (χ1v) is 11.0. The molecule has 2 aromatic carbocycles. The lowest BCUT2D eigenvalue weighted by atomic mass is 10.2. The topological polar surface area (TPSA) is 64.3 Å². The van der Waals surface area contributed by atoms with E-state index in [0.29, 0.717) is 24.0 Å². The summed E-state index contributed by atoms with van der Waals surface area (Å²) >= 11 is 5.87. The highest BCUT2D eigenvalue weighted by Gasteiger charge is 2.31. The van der Waals surface area contributed by atoms with Gasteiger partial charge in [-0.15, -0.1) is 0 Å². The van der Waals surface area contributed by atoms with Crippen LogP contribution in [-0.4, -0.2) is 38.3 Å². The Morgan fingerprint density at radius 3 is 2.87 bits per heavy atom. The Balaban J connectivity index is 1.46. The van der Waals surface area contributed by atoms with Crippen molar-refractivity contribution in [3.8, 4) is 11.4 Å². The predicted octanol–water partition coefficient (Wildman–Crippen LogP) is 4.09. The first-order valence-electron chi connectivity index (χ1n) is 10.6. The number of ether oxygens (including phenoxy) is 1. The second-order valence-corrected chi connectivity index (χ2v) is 8.50. The quantitative estimate of drug-likeness (QED) is 0.612.